The van der Waals surface area contributed by atoms with Crippen LogP contribution in [-0.2, 0) is 0 Å². The number of carbonyl (C=O) groups excluding carboxylic acids is 4. The van der Waals surface area contributed by atoms with Crippen molar-refractivity contribution in [1.29, 1.82) is 10.8 Å². The smallest absolute Gasteiger partial charge is 0.259 e. The number of benzene rings is 4. The van der Waals surface area contributed by atoms with E-state index in [2.05, 4.69) is 79.0 Å². The van der Waals surface area contributed by atoms with Gasteiger partial charge in [0.05, 0.1) is 41.7 Å². The van der Waals surface area contributed by atoms with Crippen molar-refractivity contribution in [1.82, 2.24) is 19.8 Å². The van der Waals surface area contributed by atoms with Crippen molar-refractivity contribution >= 4 is 118 Å². The molecule has 0 radical (unpaired) electrons. The summed E-state index contributed by atoms with van der Waals surface area (Å²) in [6.07, 6.45) is 2.99. The van der Waals surface area contributed by atoms with Crippen LogP contribution in [0.4, 0.5) is 23.0 Å². The Hall–Kier alpha value is -6.67. The molecule has 0 saturated carbocycles. The van der Waals surface area contributed by atoms with Crippen LogP contribution in [0.2, 0.25) is 5.02 Å². The van der Waals surface area contributed by atoms with Gasteiger partial charge in [0.1, 0.15) is 34.8 Å². The van der Waals surface area contributed by atoms with E-state index in [1.54, 1.807) is 141 Å². The fourth-order valence-corrected chi connectivity index (χ4v) is 7.04. The Morgan fingerprint density at radius 1 is 0.515 bits per heavy atom. The number of ether oxygens (including phenoxy) is 2. The Morgan fingerprint density at radius 2 is 0.894 bits per heavy atom. The topological polar surface area (TPSA) is 215 Å². The molecule has 66 heavy (non-hydrogen) atoms. The lowest BCUT2D eigenvalue weighted by molar-refractivity contribution is 0.101. The summed E-state index contributed by atoms with van der Waals surface area (Å²) in [6.45, 7) is 0. The lowest BCUT2D eigenvalue weighted by Gasteiger charge is -2.16. The van der Waals surface area contributed by atoms with Crippen LogP contribution in [0.25, 0.3) is 0 Å². The number of nitrogens with zero attached hydrogens (tertiary/aromatic N) is 4. The van der Waals surface area contributed by atoms with Crippen LogP contribution in [0.5, 0.6) is 11.5 Å². The number of nitrogens with one attached hydrogen (secondary N) is 6. The van der Waals surface area contributed by atoms with E-state index in [1.165, 1.54) is 20.4 Å². The largest absolute Gasteiger partial charge is 0.495 e. The molecule has 16 nitrogen and oxygen atoms in total. The molecule has 0 saturated heterocycles. The average Bonchev–Trinajstić information content (AvgIpc) is 3.30. The van der Waals surface area contributed by atoms with Gasteiger partial charge in [0.15, 0.2) is 0 Å². The van der Waals surface area contributed by atoms with Crippen molar-refractivity contribution < 1.29 is 28.7 Å². The van der Waals surface area contributed by atoms with Crippen LogP contribution < -0.4 is 30.7 Å². The summed E-state index contributed by atoms with van der Waals surface area (Å²) >= 11 is 15.9. The highest BCUT2D eigenvalue weighted by atomic mass is 79.9. The minimum absolute atomic E-state index is 0.178. The number of anilines is 4. The van der Waals surface area contributed by atoms with Gasteiger partial charge in [0.25, 0.3) is 23.6 Å². The summed E-state index contributed by atoms with van der Waals surface area (Å²) in [5.41, 5.74) is 2.90. The van der Waals surface area contributed by atoms with E-state index >= 15 is 0 Å². The average molecular weight is 1110 g/mol. The van der Waals surface area contributed by atoms with E-state index in [0.717, 1.165) is 4.47 Å². The Kier molecular flexibility index (Phi) is 17.5. The first-order valence-electron chi connectivity index (χ1n) is 19.3. The molecule has 6 rings (SSSR count). The second-order valence-electron chi connectivity index (χ2n) is 14.2. The Labute approximate surface area is 410 Å². The molecule has 6 N–H and O–H groups in total. The van der Waals surface area contributed by atoms with Crippen LogP contribution >= 0.6 is 59.4 Å². The van der Waals surface area contributed by atoms with E-state index in [4.69, 9.17) is 31.9 Å². The summed E-state index contributed by atoms with van der Waals surface area (Å²) in [6, 6.07) is 26.3. The van der Waals surface area contributed by atoms with Crippen LogP contribution in [0.3, 0.4) is 0 Å². The van der Waals surface area contributed by atoms with Gasteiger partial charge in [-0.3, -0.25) is 30.0 Å². The number of methoxy groups -OCH3 is 2. The summed E-state index contributed by atoms with van der Waals surface area (Å²) < 4.78 is 12.8. The number of rotatable bonds is 12. The molecule has 0 spiro atoms. The highest BCUT2D eigenvalue weighted by Gasteiger charge is 2.23. The molecule has 20 heteroatoms. The molecule has 4 aromatic carbocycles. The van der Waals surface area contributed by atoms with Crippen molar-refractivity contribution in [2.75, 3.05) is 63.7 Å². The van der Waals surface area contributed by atoms with Gasteiger partial charge in [-0.1, -0.05) is 67.7 Å². The summed E-state index contributed by atoms with van der Waals surface area (Å²) in [5, 5.41) is 27.5. The molecule has 0 atom stereocenters. The molecular formula is C46H42Br3ClN10O6. The lowest BCUT2D eigenvalue weighted by atomic mass is 10.1. The van der Waals surface area contributed by atoms with Crippen molar-refractivity contribution in [3.05, 3.63) is 161 Å². The number of amides is 4. The van der Waals surface area contributed by atoms with Crippen molar-refractivity contribution in [3.8, 4) is 11.5 Å². The van der Waals surface area contributed by atoms with Crippen LogP contribution in [0, 0.1) is 10.8 Å². The molecule has 2 aromatic heterocycles. The van der Waals surface area contributed by atoms with Crippen molar-refractivity contribution in [3.63, 3.8) is 0 Å². The quantitative estimate of drug-likeness (QED) is 0.0504. The maximum Gasteiger partial charge on any atom is 0.259 e. The second kappa shape index (κ2) is 23.0. The first kappa shape index (κ1) is 50.3. The number of pyridine rings is 2. The molecule has 0 fully saturated rings. The minimum atomic E-state index is -0.491. The van der Waals surface area contributed by atoms with Crippen LogP contribution in [0.1, 0.15) is 52.6 Å². The summed E-state index contributed by atoms with van der Waals surface area (Å²) in [7, 11) is 10.0. The maximum atomic E-state index is 13.0. The number of aromatic nitrogens is 2. The fraction of sp³-hybridized carbons (Fsp3) is 0.130. The normalized spacial score (nSPS) is 10.3. The van der Waals surface area contributed by atoms with Gasteiger partial charge in [-0.05, 0) is 88.7 Å². The molecule has 2 heterocycles. The first-order valence-corrected chi connectivity index (χ1v) is 22.1. The van der Waals surface area contributed by atoms with Gasteiger partial charge in [0, 0.05) is 76.3 Å². The predicted molar refractivity (Wildman–Crippen MR) is 268 cm³/mol. The molecule has 0 bridgehead atoms. The van der Waals surface area contributed by atoms with Gasteiger partial charge in [-0.15, -0.1) is 0 Å². The monoisotopic (exact) mass is 1100 g/mol. The molecule has 0 aliphatic heterocycles. The van der Waals surface area contributed by atoms with Crippen LogP contribution in [-0.4, -0.2) is 97.5 Å². The zero-order valence-corrected chi connectivity index (χ0v) is 41.7. The molecule has 340 valence electrons. The Morgan fingerprint density at radius 3 is 1.23 bits per heavy atom. The van der Waals surface area contributed by atoms with Gasteiger partial charge in [-0.2, -0.15) is 0 Å². The maximum absolute atomic E-state index is 13.0. The SMILES string of the molecule is COc1cc(Br)cc(C(=O)Nc2ccc(Br)cn2)c1NC(=O)c1ccc(C(=N)N(C)C)cc1.COc1cc(Br)cc(C(=O)Nc2ccc(Cl)cn2)c1NC(=O)c1ccc(C(=N)N(C)C)cc1. The third kappa shape index (κ3) is 13.2. The van der Waals surface area contributed by atoms with Gasteiger partial charge < -0.3 is 40.5 Å². The molecule has 4 amide bonds. The molecule has 0 aliphatic carbocycles. The third-order valence-corrected chi connectivity index (χ3v) is 10.8. The van der Waals surface area contributed by atoms with Gasteiger partial charge >= 0.3 is 0 Å². The second-order valence-corrected chi connectivity index (χ2v) is 17.4. The summed E-state index contributed by atoms with van der Waals surface area (Å²) in [5.74, 6) is 0.132. The zero-order chi connectivity index (χ0) is 48.2. The summed E-state index contributed by atoms with van der Waals surface area (Å²) in [4.78, 5) is 63.5. The van der Waals surface area contributed by atoms with E-state index in [9.17, 15) is 19.2 Å². The highest BCUT2D eigenvalue weighted by molar-refractivity contribution is 9.11. The number of halogens is 4. The standard InChI is InChI=1S/C23H21Br2N5O3.C23H21BrClN5O3/c1-30(2)21(26)13-4-6-14(7-5-13)22(31)29-20-17(10-16(25)11-18(20)33-3)23(32)28-19-9-8-15(24)12-27-19;1-30(2)21(26)13-4-6-14(7-5-13)22(31)29-20-17(10-15(24)11-18(20)33-3)23(32)28-19-9-8-16(25)12-27-19/h2*4-12,26H,1-3H3,(H,29,31)(H,27,28,32). The zero-order valence-electron chi connectivity index (χ0n) is 36.1. The third-order valence-electron chi connectivity index (χ3n) is 9.21. The van der Waals surface area contributed by atoms with Crippen molar-refractivity contribution in [2.45, 2.75) is 0 Å². The van der Waals surface area contributed by atoms with E-state index in [1.807, 2.05) is 0 Å². The van der Waals surface area contributed by atoms with Crippen LogP contribution in [0.15, 0.2) is 123 Å². The van der Waals surface area contributed by atoms with E-state index in [-0.39, 0.29) is 22.5 Å². The van der Waals surface area contributed by atoms with E-state index in [0.29, 0.717) is 71.0 Å². The fourth-order valence-electron chi connectivity index (χ4n) is 5.82. The molecule has 6 aromatic rings. The minimum Gasteiger partial charge on any atom is -0.495 e. The van der Waals surface area contributed by atoms with Gasteiger partial charge in [-0.25, -0.2) is 9.97 Å². The number of amidine groups is 2. The lowest BCUT2D eigenvalue weighted by Crippen LogP contribution is -2.22. The Bertz CT molecular complexity index is 2590. The molecule has 0 aliphatic rings. The first-order chi connectivity index (χ1) is 31.4. The van der Waals surface area contributed by atoms with E-state index < -0.39 is 23.6 Å². The molecular weight excluding hydrogens is 1060 g/mol. The van der Waals surface area contributed by atoms with Gasteiger partial charge in [0.2, 0.25) is 0 Å². The number of carbonyl (C=O) groups is 4. The molecule has 0 unspecified atom stereocenters. The highest BCUT2D eigenvalue weighted by Crippen LogP contribution is 2.35. The number of hydrogen-bond acceptors (Lipinski definition) is 10. The Balaban J connectivity index is 0.000000247. The number of hydrogen-bond donors (Lipinski definition) is 6. The van der Waals surface area contributed by atoms with Crippen molar-refractivity contribution in [2.24, 2.45) is 0 Å². The predicted octanol–water partition coefficient (Wildman–Crippen LogP) is 9.90.